The summed E-state index contributed by atoms with van der Waals surface area (Å²) in [6.07, 6.45) is -4.71. The number of carbonyl (C=O) groups is 1. The van der Waals surface area contributed by atoms with E-state index in [0.717, 1.165) is 17.3 Å². The third kappa shape index (κ3) is 4.43. The Hall–Kier alpha value is -2.63. The molecule has 0 aliphatic carbocycles. The zero-order valence-electron chi connectivity index (χ0n) is 14.9. The molecule has 0 spiro atoms. The summed E-state index contributed by atoms with van der Waals surface area (Å²) in [7, 11) is 0. The number of ether oxygens (including phenoxy) is 2. The molecule has 1 aromatic heterocycles. The second kappa shape index (κ2) is 8.17. The Morgan fingerprint density at radius 1 is 1.29 bits per heavy atom. The van der Waals surface area contributed by atoms with E-state index in [1.807, 2.05) is 19.1 Å². The van der Waals surface area contributed by atoms with Gasteiger partial charge in [-0.3, -0.25) is 4.79 Å². The molecular weight excluding hydrogens is 399 g/mol. The molecule has 1 aliphatic heterocycles. The van der Waals surface area contributed by atoms with Crippen LogP contribution in [0.3, 0.4) is 0 Å². The van der Waals surface area contributed by atoms with Gasteiger partial charge in [-0.05, 0) is 24.6 Å². The van der Waals surface area contributed by atoms with Crippen molar-refractivity contribution in [1.82, 2.24) is 19.8 Å². The molecule has 8 nitrogen and oxygen atoms in total. The Kier molecular flexibility index (Phi) is 5.87. The maximum absolute atomic E-state index is 12.7. The zero-order chi connectivity index (χ0) is 20.3. The maximum Gasteiger partial charge on any atom is 0.453 e. The van der Waals surface area contributed by atoms with Crippen LogP contribution in [0.2, 0.25) is 0 Å². The lowest BCUT2D eigenvalue weighted by Gasteiger charge is -2.23. The molecule has 0 saturated heterocycles. The van der Waals surface area contributed by atoms with E-state index in [9.17, 15) is 18.0 Å². The van der Waals surface area contributed by atoms with E-state index >= 15 is 0 Å². The predicted octanol–water partition coefficient (Wildman–Crippen LogP) is 1.92. The van der Waals surface area contributed by atoms with Gasteiger partial charge in [0, 0.05) is 13.1 Å². The number of carbonyl (C=O) groups excluding carboxylic acids is 1. The molecule has 2 aromatic rings. The Balaban J connectivity index is 1.62. The first kappa shape index (κ1) is 20.1. The SMILES string of the molecule is CCN(Cc1ccc2c(c1)OCCO2)C(=O)CSc1nnc(C(F)(F)F)n1N. The van der Waals surface area contributed by atoms with Crippen molar-refractivity contribution in [3.8, 4) is 11.5 Å². The highest BCUT2D eigenvalue weighted by Crippen LogP contribution is 2.31. The van der Waals surface area contributed by atoms with Crippen LogP contribution in [-0.2, 0) is 17.5 Å². The number of alkyl halides is 3. The largest absolute Gasteiger partial charge is 0.486 e. The summed E-state index contributed by atoms with van der Waals surface area (Å²) in [5.74, 6) is 4.95. The fourth-order valence-corrected chi connectivity index (χ4v) is 3.33. The van der Waals surface area contributed by atoms with Crippen molar-refractivity contribution in [3.63, 3.8) is 0 Å². The molecule has 28 heavy (non-hydrogen) atoms. The molecule has 152 valence electrons. The number of nitrogens with zero attached hydrogens (tertiary/aromatic N) is 4. The molecule has 3 rings (SSSR count). The smallest absolute Gasteiger partial charge is 0.453 e. The van der Waals surface area contributed by atoms with Crippen molar-refractivity contribution in [2.45, 2.75) is 24.8 Å². The average molecular weight is 417 g/mol. The lowest BCUT2D eigenvalue weighted by atomic mass is 10.2. The van der Waals surface area contributed by atoms with Gasteiger partial charge in [-0.2, -0.15) is 13.2 Å². The number of nitrogen functional groups attached to an aromatic ring is 1. The molecule has 0 radical (unpaired) electrons. The number of thioether (sulfide) groups is 1. The van der Waals surface area contributed by atoms with Crippen LogP contribution in [0.5, 0.6) is 11.5 Å². The van der Waals surface area contributed by atoms with Crippen LogP contribution in [0.25, 0.3) is 0 Å². The van der Waals surface area contributed by atoms with Gasteiger partial charge in [0.25, 0.3) is 5.82 Å². The molecule has 2 heterocycles. The summed E-state index contributed by atoms with van der Waals surface area (Å²) in [5.41, 5.74) is 0.853. The van der Waals surface area contributed by atoms with Crippen molar-refractivity contribution >= 4 is 17.7 Å². The highest BCUT2D eigenvalue weighted by molar-refractivity contribution is 7.99. The van der Waals surface area contributed by atoms with Crippen LogP contribution >= 0.6 is 11.8 Å². The van der Waals surface area contributed by atoms with Crippen molar-refractivity contribution in [3.05, 3.63) is 29.6 Å². The van der Waals surface area contributed by atoms with Crippen molar-refractivity contribution < 1.29 is 27.4 Å². The van der Waals surface area contributed by atoms with Gasteiger partial charge in [-0.1, -0.05) is 17.8 Å². The number of fused-ring (bicyclic) bond motifs is 1. The first-order valence-electron chi connectivity index (χ1n) is 8.36. The van der Waals surface area contributed by atoms with Gasteiger partial charge in [0.2, 0.25) is 11.1 Å². The van der Waals surface area contributed by atoms with Gasteiger partial charge in [0.15, 0.2) is 11.5 Å². The van der Waals surface area contributed by atoms with Crippen LogP contribution in [0.15, 0.2) is 23.4 Å². The molecule has 0 unspecified atom stereocenters. The first-order valence-corrected chi connectivity index (χ1v) is 9.35. The van der Waals surface area contributed by atoms with E-state index in [4.69, 9.17) is 15.3 Å². The predicted molar refractivity (Wildman–Crippen MR) is 94.4 cm³/mol. The Labute approximate surface area is 162 Å². The molecule has 1 aliphatic rings. The van der Waals surface area contributed by atoms with Crippen LogP contribution in [0, 0.1) is 0 Å². The van der Waals surface area contributed by atoms with Gasteiger partial charge >= 0.3 is 6.18 Å². The number of nitrogens with two attached hydrogens (primary N) is 1. The van der Waals surface area contributed by atoms with Crippen molar-refractivity contribution in [1.29, 1.82) is 0 Å². The highest BCUT2D eigenvalue weighted by atomic mass is 32.2. The van der Waals surface area contributed by atoms with Crippen LogP contribution < -0.4 is 15.3 Å². The molecule has 1 amide bonds. The number of halogens is 3. The maximum atomic E-state index is 12.7. The zero-order valence-corrected chi connectivity index (χ0v) is 15.7. The van der Waals surface area contributed by atoms with Crippen LogP contribution in [0.4, 0.5) is 13.2 Å². The lowest BCUT2D eigenvalue weighted by molar-refractivity contribution is -0.146. The number of benzene rings is 1. The van der Waals surface area contributed by atoms with E-state index in [2.05, 4.69) is 10.2 Å². The minimum absolute atomic E-state index is 0.119. The molecule has 0 atom stereocenters. The topological polar surface area (TPSA) is 95.5 Å². The summed E-state index contributed by atoms with van der Waals surface area (Å²) in [5, 5.41) is 6.25. The van der Waals surface area contributed by atoms with Gasteiger partial charge < -0.3 is 20.2 Å². The van der Waals surface area contributed by atoms with Crippen molar-refractivity contribution in [2.24, 2.45) is 0 Å². The van der Waals surface area contributed by atoms with E-state index in [0.29, 0.717) is 42.5 Å². The van der Waals surface area contributed by atoms with E-state index < -0.39 is 12.0 Å². The van der Waals surface area contributed by atoms with Gasteiger partial charge in [-0.25, -0.2) is 4.68 Å². The quantitative estimate of drug-likeness (QED) is 0.567. The molecule has 0 bridgehead atoms. The van der Waals surface area contributed by atoms with Crippen LogP contribution in [0.1, 0.15) is 18.3 Å². The van der Waals surface area contributed by atoms with Crippen LogP contribution in [-0.4, -0.2) is 51.2 Å². The molecular formula is C16H18F3N5O3S. The minimum Gasteiger partial charge on any atom is -0.486 e. The summed E-state index contributed by atoms with van der Waals surface area (Å²) in [6, 6.07) is 5.43. The normalized spacial score (nSPS) is 13.4. The van der Waals surface area contributed by atoms with E-state index in [1.54, 1.807) is 11.0 Å². The van der Waals surface area contributed by atoms with Gasteiger partial charge in [0.1, 0.15) is 13.2 Å². The molecule has 1 aromatic carbocycles. The summed E-state index contributed by atoms with van der Waals surface area (Å²) in [6.45, 7) is 3.52. The summed E-state index contributed by atoms with van der Waals surface area (Å²) < 4.78 is 49.4. The second-order valence-corrected chi connectivity index (χ2v) is 6.79. The summed E-state index contributed by atoms with van der Waals surface area (Å²) in [4.78, 5) is 14.1. The monoisotopic (exact) mass is 417 g/mol. The number of amides is 1. The Morgan fingerprint density at radius 2 is 2.00 bits per heavy atom. The standard InChI is InChI=1S/C16H18F3N5O3S/c1-2-23(8-10-3-4-11-12(7-10)27-6-5-26-11)13(25)9-28-15-22-21-14(24(15)20)16(17,18)19/h3-4,7H,2,5-6,8-9,20H2,1H3. The van der Waals surface area contributed by atoms with Gasteiger partial charge in [0.05, 0.1) is 5.75 Å². The molecule has 0 saturated carbocycles. The highest BCUT2D eigenvalue weighted by Gasteiger charge is 2.38. The average Bonchev–Trinajstić information content (AvgIpc) is 3.05. The number of aromatic nitrogens is 3. The molecule has 12 heteroatoms. The minimum atomic E-state index is -4.71. The van der Waals surface area contributed by atoms with E-state index in [1.165, 1.54) is 0 Å². The number of rotatable bonds is 6. The van der Waals surface area contributed by atoms with Crippen molar-refractivity contribution in [2.75, 3.05) is 31.4 Å². The molecule has 2 N–H and O–H groups in total. The van der Waals surface area contributed by atoms with Gasteiger partial charge in [-0.15, -0.1) is 10.2 Å². The second-order valence-electron chi connectivity index (χ2n) is 5.85. The fourth-order valence-electron chi connectivity index (χ4n) is 2.57. The third-order valence-corrected chi connectivity index (χ3v) is 4.89. The summed E-state index contributed by atoms with van der Waals surface area (Å²) >= 11 is 0.798. The van der Waals surface area contributed by atoms with E-state index in [-0.39, 0.29) is 16.8 Å². The Bertz CT molecular complexity index is 859. The number of hydrogen-bond donors (Lipinski definition) is 1. The number of hydrogen-bond acceptors (Lipinski definition) is 7. The fraction of sp³-hybridized carbons (Fsp3) is 0.438. The first-order chi connectivity index (χ1) is 13.3. The third-order valence-electron chi connectivity index (χ3n) is 3.96. The molecule has 0 fully saturated rings. The Morgan fingerprint density at radius 3 is 2.64 bits per heavy atom. The lowest BCUT2D eigenvalue weighted by Crippen LogP contribution is -2.32.